The highest BCUT2D eigenvalue weighted by molar-refractivity contribution is 6.30. The number of benzene rings is 2. The summed E-state index contributed by atoms with van der Waals surface area (Å²) >= 11 is 6.01. The molecule has 3 aromatic rings. The zero-order valence-corrected chi connectivity index (χ0v) is 20.5. The van der Waals surface area contributed by atoms with Gasteiger partial charge in [-0.1, -0.05) is 69.1 Å². The van der Waals surface area contributed by atoms with E-state index in [1.807, 2.05) is 36.4 Å². The molecular formula is C28H30ClNO4. The maximum Gasteiger partial charge on any atom is 0.344 e. The van der Waals surface area contributed by atoms with E-state index in [0.717, 1.165) is 24.8 Å². The number of hydrogen-bond donors (Lipinski definition) is 0. The molecule has 1 fully saturated rings. The van der Waals surface area contributed by atoms with Crippen molar-refractivity contribution in [3.8, 4) is 11.3 Å². The van der Waals surface area contributed by atoms with Gasteiger partial charge in [-0.2, -0.15) is 0 Å². The van der Waals surface area contributed by atoms with Crippen LogP contribution in [0.25, 0.3) is 22.2 Å². The summed E-state index contributed by atoms with van der Waals surface area (Å²) in [6.07, 6.45) is 2.92. The Morgan fingerprint density at radius 2 is 1.82 bits per heavy atom. The molecule has 0 amide bonds. The number of rotatable bonds is 6. The van der Waals surface area contributed by atoms with Gasteiger partial charge in [0.15, 0.2) is 6.61 Å². The molecule has 1 saturated carbocycles. The molecule has 178 valence electrons. The number of nitrogens with zero attached hydrogens (tertiary/aromatic N) is 1. The van der Waals surface area contributed by atoms with Gasteiger partial charge in [0.25, 0.3) is 0 Å². The quantitative estimate of drug-likeness (QED) is 0.367. The van der Waals surface area contributed by atoms with E-state index in [1.165, 1.54) is 0 Å². The third-order valence-corrected chi connectivity index (χ3v) is 6.89. The molecule has 1 aromatic heterocycles. The Hall–Kier alpha value is -2.92. The van der Waals surface area contributed by atoms with Crippen molar-refractivity contribution in [1.82, 2.24) is 4.98 Å². The number of para-hydroxylation sites is 1. The smallest absolute Gasteiger partial charge is 0.344 e. The van der Waals surface area contributed by atoms with E-state index >= 15 is 0 Å². The summed E-state index contributed by atoms with van der Waals surface area (Å²) in [5, 5.41) is 1.29. The third kappa shape index (κ3) is 5.58. The second-order valence-corrected chi connectivity index (χ2v) is 9.95. The second-order valence-electron chi connectivity index (χ2n) is 9.51. The maximum absolute atomic E-state index is 13.0. The Morgan fingerprint density at radius 3 is 2.56 bits per heavy atom. The van der Waals surface area contributed by atoms with Crippen molar-refractivity contribution in [1.29, 1.82) is 0 Å². The maximum atomic E-state index is 13.0. The number of carbonyl (C=O) groups is 2. The Labute approximate surface area is 205 Å². The molecule has 3 atom stereocenters. The monoisotopic (exact) mass is 479 g/mol. The SMILES string of the molecule is CC1CCC(C(C)C)C(OC(=O)COC(=O)c2cc(-c3ccc(Cl)cc3)nc3ccccc23)C1. The Morgan fingerprint density at radius 1 is 1.09 bits per heavy atom. The Bertz CT molecular complexity index is 1170. The first-order valence-corrected chi connectivity index (χ1v) is 12.2. The van der Waals surface area contributed by atoms with Crippen LogP contribution in [0.2, 0.25) is 5.02 Å². The lowest BCUT2D eigenvalue weighted by Crippen LogP contribution is -2.36. The van der Waals surface area contributed by atoms with Gasteiger partial charge >= 0.3 is 11.9 Å². The van der Waals surface area contributed by atoms with Crippen LogP contribution in [0.4, 0.5) is 0 Å². The van der Waals surface area contributed by atoms with Crippen molar-refractivity contribution in [2.24, 2.45) is 17.8 Å². The number of aromatic nitrogens is 1. The molecule has 0 aliphatic heterocycles. The summed E-state index contributed by atoms with van der Waals surface area (Å²) in [4.78, 5) is 30.3. The standard InChI is InChI=1S/C28H30ClNO4/c1-17(2)21-13-8-18(3)14-26(21)34-27(31)16-33-28(32)23-15-25(19-9-11-20(29)12-10-19)30-24-7-5-4-6-22(23)24/h4-7,9-12,15,17-18,21,26H,8,13-14,16H2,1-3H3. The molecule has 5 nitrogen and oxygen atoms in total. The first-order valence-electron chi connectivity index (χ1n) is 11.8. The summed E-state index contributed by atoms with van der Waals surface area (Å²) in [5.41, 5.74) is 2.48. The van der Waals surface area contributed by atoms with E-state index in [2.05, 4.69) is 25.8 Å². The number of esters is 2. The van der Waals surface area contributed by atoms with Gasteiger partial charge in [-0.25, -0.2) is 14.6 Å². The predicted octanol–water partition coefficient (Wildman–Crippen LogP) is 6.72. The molecule has 1 heterocycles. The Balaban J connectivity index is 1.50. The van der Waals surface area contributed by atoms with Gasteiger partial charge in [0.2, 0.25) is 0 Å². The van der Waals surface area contributed by atoms with Crippen LogP contribution in [0.1, 0.15) is 50.4 Å². The van der Waals surface area contributed by atoms with Crippen molar-refractivity contribution < 1.29 is 19.1 Å². The number of halogens is 1. The lowest BCUT2D eigenvalue weighted by molar-refractivity contribution is -0.159. The van der Waals surface area contributed by atoms with E-state index in [-0.39, 0.29) is 6.10 Å². The highest BCUT2D eigenvalue weighted by Gasteiger charge is 2.33. The molecular weight excluding hydrogens is 450 g/mol. The van der Waals surface area contributed by atoms with Gasteiger partial charge in [0.05, 0.1) is 16.8 Å². The number of ether oxygens (including phenoxy) is 2. The van der Waals surface area contributed by atoms with Gasteiger partial charge < -0.3 is 9.47 Å². The van der Waals surface area contributed by atoms with E-state index < -0.39 is 18.5 Å². The minimum absolute atomic E-state index is 0.131. The third-order valence-electron chi connectivity index (χ3n) is 6.64. The molecule has 0 saturated heterocycles. The van der Waals surface area contributed by atoms with E-state index in [1.54, 1.807) is 18.2 Å². The van der Waals surface area contributed by atoms with Gasteiger partial charge in [0.1, 0.15) is 6.10 Å². The molecule has 1 aliphatic rings. The summed E-state index contributed by atoms with van der Waals surface area (Å²) in [6, 6.07) is 16.3. The largest absolute Gasteiger partial charge is 0.460 e. The van der Waals surface area contributed by atoms with Crippen LogP contribution >= 0.6 is 11.6 Å². The molecule has 34 heavy (non-hydrogen) atoms. The molecule has 0 bridgehead atoms. The first-order chi connectivity index (χ1) is 16.3. The molecule has 3 unspecified atom stereocenters. The average Bonchev–Trinajstić information content (AvgIpc) is 2.82. The fourth-order valence-electron chi connectivity index (χ4n) is 4.77. The summed E-state index contributed by atoms with van der Waals surface area (Å²) in [6.45, 7) is 6.09. The highest BCUT2D eigenvalue weighted by Crippen LogP contribution is 2.35. The summed E-state index contributed by atoms with van der Waals surface area (Å²) < 4.78 is 11.2. The molecule has 1 aliphatic carbocycles. The molecule has 0 spiro atoms. The predicted molar refractivity (Wildman–Crippen MR) is 134 cm³/mol. The number of carbonyl (C=O) groups excluding carboxylic acids is 2. The van der Waals surface area contributed by atoms with Crippen LogP contribution in [0, 0.1) is 17.8 Å². The van der Waals surface area contributed by atoms with Crippen molar-refractivity contribution in [3.05, 3.63) is 65.2 Å². The lowest BCUT2D eigenvalue weighted by atomic mass is 9.75. The van der Waals surface area contributed by atoms with E-state index in [0.29, 0.717) is 44.9 Å². The zero-order valence-electron chi connectivity index (χ0n) is 19.8. The number of hydrogen-bond acceptors (Lipinski definition) is 5. The average molecular weight is 480 g/mol. The van der Waals surface area contributed by atoms with Crippen LogP contribution in [-0.4, -0.2) is 29.6 Å². The first kappa shape index (κ1) is 24.2. The van der Waals surface area contributed by atoms with Crippen LogP contribution in [0.15, 0.2) is 54.6 Å². The number of pyridine rings is 1. The van der Waals surface area contributed by atoms with Crippen LogP contribution in [0.3, 0.4) is 0 Å². The molecule has 6 heteroatoms. The van der Waals surface area contributed by atoms with Crippen molar-refractivity contribution >= 4 is 34.4 Å². The van der Waals surface area contributed by atoms with Crippen molar-refractivity contribution in [2.45, 2.75) is 46.1 Å². The topological polar surface area (TPSA) is 65.5 Å². The van der Waals surface area contributed by atoms with Crippen LogP contribution < -0.4 is 0 Å². The fraction of sp³-hybridized carbons (Fsp3) is 0.393. The minimum Gasteiger partial charge on any atom is -0.460 e. The van der Waals surface area contributed by atoms with Gasteiger partial charge in [0, 0.05) is 16.0 Å². The summed E-state index contributed by atoms with van der Waals surface area (Å²) in [5.74, 6) is 0.201. The highest BCUT2D eigenvalue weighted by atomic mass is 35.5. The van der Waals surface area contributed by atoms with Crippen molar-refractivity contribution in [3.63, 3.8) is 0 Å². The Kier molecular flexibility index (Phi) is 7.52. The van der Waals surface area contributed by atoms with Crippen LogP contribution in [0.5, 0.6) is 0 Å². The normalized spacial score (nSPS) is 20.3. The van der Waals surface area contributed by atoms with Crippen molar-refractivity contribution in [2.75, 3.05) is 6.61 Å². The van der Waals surface area contributed by atoms with Gasteiger partial charge in [-0.3, -0.25) is 0 Å². The molecule has 0 radical (unpaired) electrons. The molecule has 4 rings (SSSR count). The lowest BCUT2D eigenvalue weighted by Gasteiger charge is -2.36. The second kappa shape index (κ2) is 10.6. The fourth-order valence-corrected chi connectivity index (χ4v) is 4.89. The van der Waals surface area contributed by atoms with Gasteiger partial charge in [-0.15, -0.1) is 0 Å². The van der Waals surface area contributed by atoms with E-state index in [4.69, 9.17) is 21.1 Å². The van der Waals surface area contributed by atoms with Gasteiger partial charge in [-0.05, 0) is 54.9 Å². The van der Waals surface area contributed by atoms with Crippen LogP contribution in [-0.2, 0) is 14.3 Å². The number of fused-ring (bicyclic) bond motifs is 1. The molecule has 2 aromatic carbocycles. The zero-order chi connectivity index (χ0) is 24.2. The van der Waals surface area contributed by atoms with E-state index in [9.17, 15) is 9.59 Å². The minimum atomic E-state index is -0.580. The summed E-state index contributed by atoms with van der Waals surface area (Å²) in [7, 11) is 0. The molecule has 0 N–H and O–H groups in total.